The molecule has 15 heteroatoms. The van der Waals surface area contributed by atoms with Gasteiger partial charge < -0.3 is 24.8 Å². The molecule has 2 fully saturated rings. The van der Waals surface area contributed by atoms with E-state index in [2.05, 4.69) is 10.1 Å². The molecular formula is C26H30FN6O7P. The molecule has 1 unspecified atom stereocenters. The molecule has 4 heterocycles. The van der Waals surface area contributed by atoms with Crippen LogP contribution in [-0.4, -0.2) is 74.0 Å². The van der Waals surface area contributed by atoms with Gasteiger partial charge in [0.25, 0.3) is 0 Å². The fourth-order valence-corrected chi connectivity index (χ4v) is 7.24. The van der Waals surface area contributed by atoms with E-state index >= 15 is 4.39 Å². The number of nitrogens with zero attached hydrogens (tertiary/aromatic N) is 5. The molecule has 2 saturated heterocycles. The number of aromatic nitrogens is 3. The monoisotopic (exact) mass is 588 g/mol. The molecule has 2 aromatic heterocycles. The van der Waals surface area contributed by atoms with Gasteiger partial charge in [-0.1, -0.05) is 18.2 Å². The first kappa shape index (κ1) is 28.9. The zero-order valence-electron chi connectivity index (χ0n) is 22.4. The molecular weight excluding hydrogens is 558 g/mol. The standard InChI is InChI=1S/C26H30FN6O7P/c1-3-37-24(35)19-10-7-13-32(19)41(36,40-17-8-5-4-6-9-17)38-14-20-22(34)25(2,27)26(15-28,39-20)21-12-11-18-23(29)30-16-31-33(18)21/h4-6,8-9,11-12,16,19-20,22,34H,3,7,10,13-14H2,1-2H3,(H2,29,30,31)/t19-,20+,22+,25+,26-,41?/m0/s1. The number of nitrogens with two attached hydrogens (primary N) is 1. The van der Waals surface area contributed by atoms with Crippen molar-refractivity contribution in [1.29, 1.82) is 5.26 Å². The first-order valence-electron chi connectivity index (χ1n) is 13.1. The lowest BCUT2D eigenvalue weighted by Gasteiger charge is -2.31. The van der Waals surface area contributed by atoms with Crippen LogP contribution in [0.15, 0.2) is 48.8 Å². The van der Waals surface area contributed by atoms with Gasteiger partial charge >= 0.3 is 13.7 Å². The number of alkyl halides is 1. The number of rotatable bonds is 9. The van der Waals surface area contributed by atoms with Crippen LogP contribution in [-0.2, 0) is 29.0 Å². The third-order valence-electron chi connectivity index (χ3n) is 7.39. The van der Waals surface area contributed by atoms with Crippen LogP contribution in [0.2, 0.25) is 0 Å². The number of halogens is 1. The van der Waals surface area contributed by atoms with E-state index in [0.29, 0.717) is 18.4 Å². The van der Waals surface area contributed by atoms with E-state index < -0.39 is 49.8 Å². The number of fused-ring (bicyclic) bond motifs is 1. The average Bonchev–Trinajstić information content (AvgIpc) is 3.67. The SMILES string of the molecule is CCOC(=O)[C@@H]1CCCN1P(=O)(OC[C@H]1O[C@@](C#N)(c2ccc3c(N)ncnn23)[C@](C)(F)[C@@H]1O)Oc1ccccc1. The molecule has 2 aliphatic rings. The minimum atomic E-state index is -4.31. The summed E-state index contributed by atoms with van der Waals surface area (Å²) in [6, 6.07) is 12.1. The van der Waals surface area contributed by atoms with E-state index in [1.807, 2.05) is 6.07 Å². The number of aliphatic hydroxyl groups is 1. The molecule has 0 amide bonds. The summed E-state index contributed by atoms with van der Waals surface area (Å²) in [5, 5.41) is 25.4. The number of aliphatic hydroxyl groups excluding tert-OH is 1. The van der Waals surface area contributed by atoms with Gasteiger partial charge in [0.15, 0.2) is 11.5 Å². The molecule has 0 saturated carbocycles. The van der Waals surface area contributed by atoms with Crippen molar-refractivity contribution in [3.8, 4) is 11.8 Å². The maximum Gasteiger partial charge on any atom is 0.462 e. The highest BCUT2D eigenvalue weighted by Crippen LogP contribution is 2.57. The fraction of sp³-hybridized carbons (Fsp3) is 0.462. The fourth-order valence-electron chi connectivity index (χ4n) is 5.27. The lowest BCUT2D eigenvalue weighted by Crippen LogP contribution is -2.48. The summed E-state index contributed by atoms with van der Waals surface area (Å²) < 4.78 is 56.0. The highest BCUT2D eigenvalue weighted by Gasteiger charge is 2.67. The molecule has 0 bridgehead atoms. The van der Waals surface area contributed by atoms with Gasteiger partial charge in [0.05, 0.1) is 18.9 Å². The van der Waals surface area contributed by atoms with Crippen molar-refractivity contribution in [2.75, 3.05) is 25.5 Å². The van der Waals surface area contributed by atoms with E-state index in [-0.39, 0.29) is 30.4 Å². The van der Waals surface area contributed by atoms with Crippen molar-refractivity contribution in [3.63, 3.8) is 0 Å². The van der Waals surface area contributed by atoms with Crippen LogP contribution < -0.4 is 10.3 Å². The summed E-state index contributed by atoms with van der Waals surface area (Å²) in [6.45, 7) is 2.38. The molecule has 3 aromatic rings. The van der Waals surface area contributed by atoms with Crippen LogP contribution in [0.4, 0.5) is 10.2 Å². The Morgan fingerprint density at radius 2 is 2.10 bits per heavy atom. The van der Waals surface area contributed by atoms with Gasteiger partial charge in [-0.3, -0.25) is 9.32 Å². The number of ether oxygens (including phenoxy) is 2. The van der Waals surface area contributed by atoms with Crippen LogP contribution in [0.1, 0.15) is 32.4 Å². The third-order valence-corrected chi connectivity index (χ3v) is 9.41. The van der Waals surface area contributed by atoms with Crippen molar-refractivity contribution in [2.45, 2.75) is 56.2 Å². The Morgan fingerprint density at radius 1 is 1.34 bits per heavy atom. The summed E-state index contributed by atoms with van der Waals surface area (Å²) in [7, 11) is -4.31. The molecule has 0 spiro atoms. The predicted molar refractivity (Wildman–Crippen MR) is 142 cm³/mol. The zero-order chi connectivity index (χ0) is 29.4. The molecule has 5 rings (SSSR count). The Hall–Kier alpha value is -3.60. The van der Waals surface area contributed by atoms with Crippen LogP contribution in [0.3, 0.4) is 0 Å². The Bertz CT molecular complexity index is 1510. The van der Waals surface area contributed by atoms with Crippen LogP contribution in [0.25, 0.3) is 5.52 Å². The normalized spacial score (nSPS) is 29.7. The maximum atomic E-state index is 16.4. The first-order valence-corrected chi connectivity index (χ1v) is 14.5. The van der Waals surface area contributed by atoms with Crippen molar-refractivity contribution in [3.05, 3.63) is 54.5 Å². The molecule has 0 aliphatic carbocycles. The number of benzene rings is 1. The summed E-state index contributed by atoms with van der Waals surface area (Å²) in [5.41, 5.74) is 1.17. The number of hydrogen-bond donors (Lipinski definition) is 2. The van der Waals surface area contributed by atoms with Gasteiger partial charge in [0.2, 0.25) is 5.60 Å². The molecule has 6 atom stereocenters. The van der Waals surface area contributed by atoms with E-state index in [1.54, 1.807) is 37.3 Å². The van der Waals surface area contributed by atoms with Crippen molar-refractivity contribution in [2.24, 2.45) is 0 Å². The Labute approximate surface area is 235 Å². The number of hydrogen-bond acceptors (Lipinski definition) is 11. The van der Waals surface area contributed by atoms with Gasteiger partial charge in [-0.25, -0.2) is 18.5 Å². The number of carbonyl (C=O) groups excluding carboxylic acids is 1. The lowest BCUT2D eigenvalue weighted by atomic mass is 9.82. The number of carbonyl (C=O) groups is 1. The second-order valence-corrected chi connectivity index (χ2v) is 11.8. The van der Waals surface area contributed by atoms with E-state index in [1.165, 1.54) is 21.3 Å². The minimum Gasteiger partial charge on any atom is -0.465 e. The number of esters is 1. The topological polar surface area (TPSA) is 175 Å². The van der Waals surface area contributed by atoms with Crippen LogP contribution >= 0.6 is 7.75 Å². The Morgan fingerprint density at radius 3 is 2.80 bits per heavy atom. The highest BCUT2D eigenvalue weighted by atomic mass is 31.2. The van der Waals surface area contributed by atoms with Gasteiger partial charge in [-0.05, 0) is 51.0 Å². The Kier molecular flexibility index (Phi) is 7.76. The quantitative estimate of drug-likeness (QED) is 0.277. The third kappa shape index (κ3) is 4.83. The van der Waals surface area contributed by atoms with E-state index in [9.17, 15) is 19.7 Å². The molecule has 3 N–H and O–H groups in total. The largest absolute Gasteiger partial charge is 0.465 e. The molecule has 41 heavy (non-hydrogen) atoms. The average molecular weight is 589 g/mol. The van der Waals surface area contributed by atoms with Gasteiger partial charge in [0.1, 0.15) is 41.9 Å². The summed E-state index contributed by atoms with van der Waals surface area (Å²) >= 11 is 0. The number of anilines is 1. The van der Waals surface area contributed by atoms with Crippen molar-refractivity contribution >= 4 is 25.1 Å². The second kappa shape index (κ2) is 11.0. The number of nitriles is 1. The highest BCUT2D eigenvalue weighted by molar-refractivity contribution is 7.51. The van der Waals surface area contributed by atoms with Gasteiger partial charge in [-0.15, -0.1) is 0 Å². The molecule has 1 aromatic carbocycles. The summed E-state index contributed by atoms with van der Waals surface area (Å²) in [6.07, 6.45) is -1.34. The van der Waals surface area contributed by atoms with Crippen molar-refractivity contribution in [1.82, 2.24) is 19.3 Å². The molecule has 13 nitrogen and oxygen atoms in total. The van der Waals surface area contributed by atoms with E-state index in [4.69, 9.17) is 24.3 Å². The predicted octanol–water partition coefficient (Wildman–Crippen LogP) is 2.75. The minimum absolute atomic E-state index is 0.0266. The molecule has 218 valence electrons. The molecule has 0 radical (unpaired) electrons. The number of nitrogen functional groups attached to an aromatic ring is 1. The summed E-state index contributed by atoms with van der Waals surface area (Å²) in [5.74, 6) is -0.278. The van der Waals surface area contributed by atoms with Crippen LogP contribution in [0, 0.1) is 11.3 Å². The summed E-state index contributed by atoms with van der Waals surface area (Å²) in [4.78, 5) is 16.6. The Balaban J connectivity index is 1.46. The lowest BCUT2D eigenvalue weighted by molar-refractivity contribution is -0.147. The smallest absolute Gasteiger partial charge is 0.462 e. The van der Waals surface area contributed by atoms with E-state index in [0.717, 1.165) is 13.3 Å². The van der Waals surface area contributed by atoms with Crippen molar-refractivity contribution < 1.29 is 37.4 Å². The van der Waals surface area contributed by atoms with Gasteiger partial charge in [-0.2, -0.15) is 15.0 Å². The second-order valence-electron chi connectivity index (χ2n) is 9.87. The maximum absolute atomic E-state index is 16.4. The van der Waals surface area contributed by atoms with Crippen LogP contribution in [0.5, 0.6) is 5.75 Å². The zero-order valence-corrected chi connectivity index (χ0v) is 23.3. The van der Waals surface area contributed by atoms with Gasteiger partial charge in [0, 0.05) is 6.54 Å². The molecule has 2 aliphatic heterocycles. The number of para-hydroxylation sites is 1. The first-order chi connectivity index (χ1) is 19.6.